The molecule has 8 nitrogen and oxygen atoms in total. The second-order valence-corrected chi connectivity index (χ2v) is 9.86. The zero-order valence-corrected chi connectivity index (χ0v) is 20.2. The molecule has 3 aromatic rings. The van der Waals surface area contributed by atoms with Crippen LogP contribution in [0, 0.1) is 0 Å². The monoisotopic (exact) mass is 560 g/mol. The van der Waals surface area contributed by atoms with Gasteiger partial charge in [0.15, 0.2) is 0 Å². The molecule has 0 saturated carbocycles. The summed E-state index contributed by atoms with van der Waals surface area (Å²) in [4.78, 5) is 38.6. The molecule has 0 unspecified atom stereocenters. The molecule has 0 atom stereocenters. The minimum absolute atomic E-state index is 0.113. The van der Waals surface area contributed by atoms with E-state index in [0.717, 1.165) is 9.37 Å². The number of amides is 4. The number of nitrogens with zero attached hydrogens (tertiary/aromatic N) is 1. The maximum absolute atomic E-state index is 13.1. The van der Waals surface area contributed by atoms with Gasteiger partial charge in [0, 0.05) is 15.1 Å². The third-order valence-corrected chi connectivity index (χ3v) is 6.74. The highest BCUT2D eigenvalue weighted by Crippen LogP contribution is 2.28. The molecule has 11 heteroatoms. The number of urea groups is 1. The molecule has 1 N–H and O–H groups in total. The first kappa shape index (κ1) is 23.7. The average Bonchev–Trinajstić information content (AvgIpc) is 2.79. The number of imide groups is 2. The molecule has 4 rings (SSSR count). The molecule has 1 saturated heterocycles. The van der Waals surface area contributed by atoms with Gasteiger partial charge in [-0.3, -0.25) is 14.9 Å². The van der Waals surface area contributed by atoms with Gasteiger partial charge in [-0.2, -0.15) is 8.42 Å². The highest BCUT2D eigenvalue weighted by Gasteiger charge is 2.37. The van der Waals surface area contributed by atoms with Crippen molar-refractivity contribution >= 4 is 67.3 Å². The molecule has 1 aliphatic rings. The summed E-state index contributed by atoms with van der Waals surface area (Å²) < 4.78 is 31.4. The van der Waals surface area contributed by atoms with Crippen molar-refractivity contribution in [3.8, 4) is 5.75 Å². The van der Waals surface area contributed by atoms with Crippen molar-refractivity contribution in [2.45, 2.75) is 4.90 Å². The number of hydrogen-bond acceptors (Lipinski definition) is 6. The summed E-state index contributed by atoms with van der Waals surface area (Å²) in [5, 5.41) is 2.47. The number of carbonyl (C=O) groups is 3. The van der Waals surface area contributed by atoms with Gasteiger partial charge >= 0.3 is 16.1 Å². The van der Waals surface area contributed by atoms with Gasteiger partial charge in [0.2, 0.25) is 0 Å². The van der Waals surface area contributed by atoms with Crippen LogP contribution in [-0.2, 0) is 19.7 Å². The normalized spacial score (nSPS) is 15.4. The van der Waals surface area contributed by atoms with E-state index in [4.69, 9.17) is 15.8 Å². The van der Waals surface area contributed by atoms with E-state index in [1.807, 2.05) is 0 Å². The lowest BCUT2D eigenvalue weighted by atomic mass is 10.1. The van der Waals surface area contributed by atoms with Crippen molar-refractivity contribution in [2.24, 2.45) is 0 Å². The predicted molar refractivity (Wildman–Crippen MR) is 129 cm³/mol. The van der Waals surface area contributed by atoms with Crippen molar-refractivity contribution in [1.82, 2.24) is 5.32 Å². The zero-order valence-electron chi connectivity index (χ0n) is 17.1. The average molecular weight is 562 g/mol. The van der Waals surface area contributed by atoms with Gasteiger partial charge < -0.3 is 4.18 Å². The summed E-state index contributed by atoms with van der Waals surface area (Å²) in [5.41, 5.74) is 0.0186. The first-order valence-electron chi connectivity index (χ1n) is 9.62. The number of carbonyl (C=O) groups excluding carboxylic acids is 3. The van der Waals surface area contributed by atoms with Gasteiger partial charge in [-0.25, -0.2) is 9.69 Å². The van der Waals surface area contributed by atoms with Gasteiger partial charge in [-0.1, -0.05) is 45.7 Å². The summed E-state index contributed by atoms with van der Waals surface area (Å²) in [6.45, 7) is 0. The summed E-state index contributed by atoms with van der Waals surface area (Å²) in [6.07, 6.45) is 1.17. The van der Waals surface area contributed by atoms with Crippen molar-refractivity contribution in [3.05, 3.63) is 93.4 Å². The first-order chi connectivity index (χ1) is 16.2. The van der Waals surface area contributed by atoms with E-state index in [-0.39, 0.29) is 27.5 Å². The Labute approximate surface area is 208 Å². The van der Waals surface area contributed by atoms with Crippen LogP contribution >= 0.6 is 27.5 Å². The summed E-state index contributed by atoms with van der Waals surface area (Å²) >= 11 is 9.09. The first-order valence-corrected chi connectivity index (χ1v) is 12.2. The van der Waals surface area contributed by atoms with Crippen molar-refractivity contribution in [3.63, 3.8) is 0 Å². The van der Waals surface area contributed by atoms with Crippen LogP contribution in [0.25, 0.3) is 6.08 Å². The maximum atomic E-state index is 13.1. The standard InChI is InChI=1S/C23H14BrClN2O6S/c24-15-5-9-17(10-6-15)27-22(29)19(21(28)26-23(27)30)13-14-3-1-2-4-20(14)33-34(31,32)18-11-7-16(25)8-12-18/h1-13H,(H,26,28,30)/b19-13+. The van der Waals surface area contributed by atoms with Crippen LogP contribution in [0.5, 0.6) is 5.75 Å². The Balaban J connectivity index is 1.70. The second-order valence-electron chi connectivity index (χ2n) is 6.96. The third-order valence-electron chi connectivity index (χ3n) is 4.71. The lowest BCUT2D eigenvalue weighted by Gasteiger charge is -2.26. The van der Waals surface area contributed by atoms with Crippen LogP contribution in [0.2, 0.25) is 5.02 Å². The number of halogens is 2. The lowest BCUT2D eigenvalue weighted by Crippen LogP contribution is -2.54. The molecule has 0 aromatic heterocycles. The number of para-hydroxylation sites is 1. The van der Waals surface area contributed by atoms with Crippen molar-refractivity contribution in [1.29, 1.82) is 0 Å². The van der Waals surface area contributed by atoms with Gasteiger partial charge in [0.05, 0.1) is 5.69 Å². The fraction of sp³-hybridized carbons (Fsp3) is 0. The SMILES string of the molecule is O=C1NC(=O)N(c2ccc(Br)cc2)C(=O)/C1=C/c1ccccc1OS(=O)(=O)c1ccc(Cl)cc1. The number of hydrogen-bond donors (Lipinski definition) is 1. The molecule has 1 aliphatic heterocycles. The Morgan fingerprint density at radius 3 is 2.24 bits per heavy atom. The van der Waals surface area contributed by atoms with Crippen LogP contribution in [0.1, 0.15) is 5.56 Å². The molecule has 1 fully saturated rings. The molecule has 0 spiro atoms. The highest BCUT2D eigenvalue weighted by atomic mass is 79.9. The Hall–Kier alpha value is -3.47. The number of benzene rings is 3. The van der Waals surface area contributed by atoms with Crippen LogP contribution in [0.4, 0.5) is 10.5 Å². The van der Waals surface area contributed by atoms with E-state index < -0.39 is 28.0 Å². The van der Waals surface area contributed by atoms with E-state index in [0.29, 0.717) is 5.02 Å². The number of rotatable bonds is 5. The number of barbiturate groups is 1. The van der Waals surface area contributed by atoms with E-state index in [1.165, 1.54) is 60.7 Å². The molecule has 34 heavy (non-hydrogen) atoms. The molecule has 0 bridgehead atoms. The molecule has 0 radical (unpaired) electrons. The van der Waals surface area contributed by atoms with Crippen LogP contribution < -0.4 is 14.4 Å². The molecular weight excluding hydrogens is 548 g/mol. The molecular formula is C23H14BrClN2O6S. The summed E-state index contributed by atoms with van der Waals surface area (Å²) in [5.74, 6) is -1.90. The van der Waals surface area contributed by atoms with Crippen molar-refractivity contribution < 1.29 is 27.0 Å². The van der Waals surface area contributed by atoms with Crippen LogP contribution in [0.15, 0.2) is 87.7 Å². The van der Waals surface area contributed by atoms with Gasteiger partial charge in [-0.15, -0.1) is 0 Å². The molecule has 172 valence electrons. The predicted octanol–water partition coefficient (Wildman–Crippen LogP) is 4.54. The Bertz CT molecular complexity index is 1440. The Kier molecular flexibility index (Phi) is 6.56. The molecule has 4 amide bonds. The number of nitrogens with one attached hydrogen (secondary N) is 1. The van der Waals surface area contributed by atoms with Gasteiger partial charge in [-0.05, 0) is 60.7 Å². The number of anilines is 1. The highest BCUT2D eigenvalue weighted by molar-refractivity contribution is 9.10. The Morgan fingerprint density at radius 1 is 0.912 bits per heavy atom. The minimum Gasteiger partial charge on any atom is -0.378 e. The fourth-order valence-corrected chi connectivity index (χ4v) is 4.42. The van der Waals surface area contributed by atoms with E-state index in [9.17, 15) is 22.8 Å². The van der Waals surface area contributed by atoms with Gasteiger partial charge in [0.1, 0.15) is 16.2 Å². The largest absolute Gasteiger partial charge is 0.378 e. The molecule has 0 aliphatic carbocycles. The van der Waals surface area contributed by atoms with E-state index in [2.05, 4.69) is 21.2 Å². The van der Waals surface area contributed by atoms with Gasteiger partial charge in [0.25, 0.3) is 11.8 Å². The van der Waals surface area contributed by atoms with Crippen LogP contribution in [-0.4, -0.2) is 26.3 Å². The minimum atomic E-state index is -4.23. The Morgan fingerprint density at radius 2 is 1.56 bits per heavy atom. The smallest absolute Gasteiger partial charge is 0.339 e. The van der Waals surface area contributed by atoms with E-state index in [1.54, 1.807) is 18.2 Å². The molecule has 1 heterocycles. The lowest BCUT2D eigenvalue weighted by molar-refractivity contribution is -0.122. The topological polar surface area (TPSA) is 110 Å². The maximum Gasteiger partial charge on any atom is 0.339 e. The van der Waals surface area contributed by atoms with Crippen LogP contribution in [0.3, 0.4) is 0 Å². The third kappa shape index (κ3) is 4.89. The summed E-state index contributed by atoms with van der Waals surface area (Å²) in [7, 11) is -4.23. The quantitative estimate of drug-likeness (QED) is 0.278. The fourth-order valence-electron chi connectivity index (χ4n) is 3.08. The second kappa shape index (κ2) is 9.41. The summed E-state index contributed by atoms with van der Waals surface area (Å²) in [6, 6.07) is 16.8. The van der Waals surface area contributed by atoms with E-state index >= 15 is 0 Å². The zero-order chi connectivity index (χ0) is 24.5. The molecule has 3 aromatic carbocycles. The van der Waals surface area contributed by atoms with Crippen molar-refractivity contribution in [2.75, 3.05) is 4.90 Å².